The average molecular weight is 251 g/mol. The van der Waals surface area contributed by atoms with E-state index in [0.717, 1.165) is 12.8 Å². The van der Waals surface area contributed by atoms with Gasteiger partial charge in [0.15, 0.2) is 0 Å². The second kappa shape index (κ2) is 5.29. The fourth-order valence-corrected chi connectivity index (χ4v) is 2.54. The van der Waals surface area contributed by atoms with Crippen LogP contribution in [0.15, 0.2) is 60.7 Å². The minimum absolute atomic E-state index is 0.232. The van der Waals surface area contributed by atoms with Crippen molar-refractivity contribution in [3.63, 3.8) is 0 Å². The predicted molar refractivity (Wildman–Crippen MR) is 78.7 cm³/mol. The van der Waals surface area contributed by atoms with Crippen LogP contribution in [0.5, 0.6) is 0 Å². The van der Waals surface area contributed by atoms with E-state index < -0.39 is 0 Å². The topological polar surface area (TPSA) is 25.2 Å². The van der Waals surface area contributed by atoms with Crippen molar-refractivity contribution in [1.82, 2.24) is 4.57 Å². The third-order valence-electron chi connectivity index (χ3n) is 3.39. The summed E-state index contributed by atoms with van der Waals surface area (Å²) in [5.41, 5.74) is 3.65. The van der Waals surface area contributed by atoms with Crippen molar-refractivity contribution >= 4 is 10.9 Å². The number of aromatic nitrogens is 1. The van der Waals surface area contributed by atoms with Crippen molar-refractivity contribution < 1.29 is 5.11 Å². The van der Waals surface area contributed by atoms with Gasteiger partial charge in [0.25, 0.3) is 0 Å². The predicted octanol–water partition coefficient (Wildman–Crippen LogP) is 3.56. The third-order valence-corrected chi connectivity index (χ3v) is 3.39. The number of benzene rings is 2. The number of hydrogen-bond acceptors (Lipinski definition) is 1. The van der Waals surface area contributed by atoms with E-state index in [1.807, 2.05) is 6.07 Å². The molecule has 0 aliphatic heterocycles. The first-order valence-electron chi connectivity index (χ1n) is 6.66. The number of aliphatic hydroxyl groups is 1. The number of nitrogens with zero attached hydrogens (tertiary/aromatic N) is 1. The zero-order chi connectivity index (χ0) is 13.1. The lowest BCUT2D eigenvalue weighted by Crippen LogP contribution is -2.01. The summed E-state index contributed by atoms with van der Waals surface area (Å²) in [5.74, 6) is 0. The molecule has 0 aliphatic rings. The SMILES string of the molecule is OCCCc1cc2ccccc2n1-c1ccccc1. The van der Waals surface area contributed by atoms with Crippen LogP contribution in [0.25, 0.3) is 16.6 Å². The molecule has 1 N–H and O–H groups in total. The van der Waals surface area contributed by atoms with Crippen LogP contribution in [-0.2, 0) is 6.42 Å². The molecule has 0 saturated carbocycles. The minimum atomic E-state index is 0.232. The summed E-state index contributed by atoms with van der Waals surface area (Å²) in [6, 6.07) is 21.0. The summed E-state index contributed by atoms with van der Waals surface area (Å²) in [4.78, 5) is 0. The van der Waals surface area contributed by atoms with Crippen molar-refractivity contribution in [2.75, 3.05) is 6.61 Å². The molecule has 0 atom stereocenters. The van der Waals surface area contributed by atoms with Crippen LogP contribution in [0, 0.1) is 0 Å². The van der Waals surface area contributed by atoms with E-state index in [2.05, 4.69) is 59.2 Å². The summed E-state index contributed by atoms with van der Waals surface area (Å²) in [6.07, 6.45) is 1.68. The zero-order valence-corrected chi connectivity index (χ0v) is 10.8. The number of hydrogen-bond donors (Lipinski definition) is 1. The molecule has 0 amide bonds. The van der Waals surface area contributed by atoms with E-state index in [0.29, 0.717) is 0 Å². The Hall–Kier alpha value is -2.06. The van der Waals surface area contributed by atoms with Gasteiger partial charge < -0.3 is 9.67 Å². The number of para-hydroxylation sites is 2. The molecule has 19 heavy (non-hydrogen) atoms. The fraction of sp³-hybridized carbons (Fsp3) is 0.176. The highest BCUT2D eigenvalue weighted by Gasteiger charge is 2.09. The second-order valence-corrected chi connectivity index (χ2v) is 4.69. The van der Waals surface area contributed by atoms with Crippen molar-refractivity contribution in [1.29, 1.82) is 0 Å². The normalized spacial score (nSPS) is 11.0. The molecule has 3 aromatic rings. The Morgan fingerprint density at radius 1 is 0.895 bits per heavy atom. The van der Waals surface area contributed by atoms with Gasteiger partial charge in [-0.1, -0.05) is 36.4 Å². The number of rotatable bonds is 4. The first kappa shape index (κ1) is 12.0. The summed E-state index contributed by atoms with van der Waals surface area (Å²) in [5, 5.41) is 10.3. The molecule has 1 heterocycles. The van der Waals surface area contributed by atoms with Gasteiger partial charge in [0, 0.05) is 23.4 Å². The lowest BCUT2D eigenvalue weighted by Gasteiger charge is -2.10. The number of fused-ring (bicyclic) bond motifs is 1. The summed E-state index contributed by atoms with van der Waals surface area (Å²) in [7, 11) is 0. The first-order chi connectivity index (χ1) is 9.40. The summed E-state index contributed by atoms with van der Waals surface area (Å²) >= 11 is 0. The van der Waals surface area contributed by atoms with Gasteiger partial charge in [-0.15, -0.1) is 0 Å². The lowest BCUT2D eigenvalue weighted by atomic mass is 10.2. The molecule has 1 aromatic heterocycles. The van der Waals surface area contributed by atoms with Crippen molar-refractivity contribution in [3.8, 4) is 5.69 Å². The highest BCUT2D eigenvalue weighted by Crippen LogP contribution is 2.25. The second-order valence-electron chi connectivity index (χ2n) is 4.69. The van der Waals surface area contributed by atoms with E-state index in [9.17, 15) is 0 Å². The van der Waals surface area contributed by atoms with Gasteiger partial charge in [0.05, 0.1) is 5.52 Å². The van der Waals surface area contributed by atoms with Crippen LogP contribution in [0.1, 0.15) is 12.1 Å². The molecule has 0 unspecified atom stereocenters. The quantitative estimate of drug-likeness (QED) is 0.753. The van der Waals surface area contributed by atoms with Crippen LogP contribution in [0.2, 0.25) is 0 Å². The van der Waals surface area contributed by atoms with Gasteiger partial charge in [0.1, 0.15) is 0 Å². The van der Waals surface area contributed by atoms with Crippen molar-refractivity contribution in [2.24, 2.45) is 0 Å². The van der Waals surface area contributed by atoms with Crippen LogP contribution >= 0.6 is 0 Å². The van der Waals surface area contributed by atoms with Gasteiger partial charge in [-0.05, 0) is 37.1 Å². The van der Waals surface area contributed by atoms with Crippen LogP contribution in [0.3, 0.4) is 0 Å². The zero-order valence-electron chi connectivity index (χ0n) is 10.8. The molecule has 0 spiro atoms. The standard InChI is InChI=1S/C17H17NO/c19-12-6-10-16-13-14-7-4-5-11-17(14)18(16)15-8-2-1-3-9-15/h1-5,7-9,11,13,19H,6,10,12H2. The van der Waals surface area contributed by atoms with Crippen LogP contribution in [-0.4, -0.2) is 16.3 Å². The Labute approximate surface area is 112 Å². The monoisotopic (exact) mass is 251 g/mol. The smallest absolute Gasteiger partial charge is 0.0531 e. The Balaban J connectivity index is 2.19. The highest BCUT2D eigenvalue weighted by molar-refractivity contribution is 5.83. The maximum Gasteiger partial charge on any atom is 0.0531 e. The molecular weight excluding hydrogens is 234 g/mol. The average Bonchev–Trinajstić information content (AvgIpc) is 2.84. The molecule has 3 rings (SSSR count). The highest BCUT2D eigenvalue weighted by atomic mass is 16.2. The Morgan fingerprint density at radius 3 is 2.42 bits per heavy atom. The molecule has 0 bridgehead atoms. The summed E-state index contributed by atoms with van der Waals surface area (Å²) in [6.45, 7) is 0.232. The molecular formula is C17H17NO. The minimum Gasteiger partial charge on any atom is -0.396 e. The Morgan fingerprint density at radius 2 is 1.63 bits per heavy atom. The molecule has 2 heteroatoms. The molecule has 0 radical (unpaired) electrons. The maximum absolute atomic E-state index is 9.05. The van der Waals surface area contributed by atoms with Crippen molar-refractivity contribution in [2.45, 2.75) is 12.8 Å². The Bertz CT molecular complexity index is 670. The van der Waals surface area contributed by atoms with E-state index in [-0.39, 0.29) is 6.61 Å². The van der Waals surface area contributed by atoms with Crippen LogP contribution in [0.4, 0.5) is 0 Å². The van der Waals surface area contributed by atoms with Crippen LogP contribution < -0.4 is 0 Å². The van der Waals surface area contributed by atoms with E-state index in [1.54, 1.807) is 0 Å². The van der Waals surface area contributed by atoms with E-state index >= 15 is 0 Å². The van der Waals surface area contributed by atoms with Gasteiger partial charge in [-0.25, -0.2) is 0 Å². The van der Waals surface area contributed by atoms with Gasteiger partial charge >= 0.3 is 0 Å². The summed E-state index contributed by atoms with van der Waals surface area (Å²) < 4.78 is 2.28. The van der Waals surface area contributed by atoms with Gasteiger partial charge in [-0.2, -0.15) is 0 Å². The molecule has 2 aromatic carbocycles. The maximum atomic E-state index is 9.05. The molecule has 2 nitrogen and oxygen atoms in total. The first-order valence-corrected chi connectivity index (χ1v) is 6.66. The molecule has 96 valence electrons. The molecule has 0 saturated heterocycles. The lowest BCUT2D eigenvalue weighted by molar-refractivity contribution is 0.288. The van der Waals surface area contributed by atoms with Crippen molar-refractivity contribution in [3.05, 3.63) is 66.4 Å². The van der Waals surface area contributed by atoms with Gasteiger partial charge in [-0.3, -0.25) is 0 Å². The number of aryl methyl sites for hydroxylation is 1. The van der Waals surface area contributed by atoms with E-state index in [1.165, 1.54) is 22.3 Å². The number of aliphatic hydroxyl groups excluding tert-OH is 1. The molecule has 0 fully saturated rings. The van der Waals surface area contributed by atoms with E-state index in [4.69, 9.17) is 5.11 Å². The third kappa shape index (κ3) is 2.27. The molecule has 0 aliphatic carbocycles. The fourth-order valence-electron chi connectivity index (χ4n) is 2.54. The van der Waals surface area contributed by atoms with Gasteiger partial charge in [0.2, 0.25) is 0 Å². The Kier molecular flexibility index (Phi) is 3.34. The largest absolute Gasteiger partial charge is 0.396 e.